The van der Waals surface area contributed by atoms with Crippen LogP contribution < -0.4 is 4.90 Å². The molecule has 1 saturated heterocycles. The molecule has 1 aromatic rings. The Labute approximate surface area is 153 Å². The van der Waals surface area contributed by atoms with E-state index in [2.05, 4.69) is 26.0 Å². The van der Waals surface area contributed by atoms with Gasteiger partial charge in [0.2, 0.25) is 11.8 Å². The maximum atomic E-state index is 13.4. The molecule has 0 spiro atoms. The first-order valence-electron chi connectivity index (χ1n) is 9.62. The molecular formula is C23H21NO2. The van der Waals surface area contributed by atoms with Gasteiger partial charge in [-0.3, -0.25) is 9.59 Å². The molecule has 2 fully saturated rings. The van der Waals surface area contributed by atoms with Gasteiger partial charge >= 0.3 is 0 Å². The average Bonchev–Trinajstić information content (AvgIpc) is 3.40. The van der Waals surface area contributed by atoms with Gasteiger partial charge in [-0.15, -0.1) is 0 Å². The number of nitrogens with zero attached hydrogens (tertiary/aromatic N) is 1. The minimum absolute atomic E-state index is 0.00996. The molecule has 0 aromatic heterocycles. The summed E-state index contributed by atoms with van der Waals surface area (Å²) in [5.74, 6) is 0.952. The van der Waals surface area contributed by atoms with Crippen molar-refractivity contribution in [1.29, 1.82) is 0 Å². The fourth-order valence-electron chi connectivity index (χ4n) is 6.58. The lowest BCUT2D eigenvalue weighted by molar-refractivity contribution is -0.123. The first kappa shape index (κ1) is 14.7. The van der Waals surface area contributed by atoms with Gasteiger partial charge in [0.15, 0.2) is 0 Å². The number of para-hydroxylation sites is 1. The van der Waals surface area contributed by atoms with Crippen LogP contribution in [0.3, 0.4) is 0 Å². The molecule has 3 nitrogen and oxygen atoms in total. The van der Waals surface area contributed by atoms with Crippen molar-refractivity contribution in [1.82, 2.24) is 0 Å². The zero-order valence-electron chi connectivity index (χ0n) is 15.0. The summed E-state index contributed by atoms with van der Waals surface area (Å²) in [6.45, 7) is 4.30. The smallest absolute Gasteiger partial charge is 0.238 e. The number of carbonyl (C=O) groups excluding carboxylic acids is 2. The predicted molar refractivity (Wildman–Crippen MR) is 99.0 cm³/mol. The number of carbonyl (C=O) groups is 2. The van der Waals surface area contributed by atoms with Gasteiger partial charge in [-0.2, -0.15) is 0 Å². The second-order valence-electron chi connectivity index (χ2n) is 8.55. The van der Waals surface area contributed by atoms with Crippen molar-refractivity contribution in [3.63, 3.8) is 0 Å². The molecule has 4 bridgehead atoms. The largest absolute Gasteiger partial charge is 0.274 e. The molecule has 1 aromatic carbocycles. The predicted octanol–water partition coefficient (Wildman–Crippen LogP) is 3.89. The maximum Gasteiger partial charge on any atom is 0.238 e. The first-order valence-corrected chi connectivity index (χ1v) is 9.62. The van der Waals surface area contributed by atoms with Crippen LogP contribution in [0.5, 0.6) is 0 Å². The van der Waals surface area contributed by atoms with Crippen molar-refractivity contribution in [3.8, 4) is 0 Å². The van der Waals surface area contributed by atoms with Crippen LogP contribution in [-0.2, 0) is 9.59 Å². The van der Waals surface area contributed by atoms with Crippen molar-refractivity contribution in [2.45, 2.75) is 20.3 Å². The fourth-order valence-corrected chi connectivity index (χ4v) is 6.58. The maximum absolute atomic E-state index is 13.4. The summed E-state index contributed by atoms with van der Waals surface area (Å²) in [6.07, 6.45) is 5.83. The van der Waals surface area contributed by atoms with Crippen LogP contribution in [0.25, 0.3) is 0 Å². The SMILES string of the molecule is CC(C)=C1[C@@H]2C3=C([C@H]1[C@@H]1C(=O)N(c4ccccc4)C(=O)[C@H]21)[C@@H]1C=C[C@H]3C1. The van der Waals surface area contributed by atoms with Crippen molar-refractivity contribution in [2.75, 3.05) is 4.90 Å². The molecule has 1 aliphatic heterocycles. The molecule has 0 unspecified atom stereocenters. The van der Waals surface area contributed by atoms with E-state index >= 15 is 0 Å². The Morgan fingerprint density at radius 1 is 0.885 bits per heavy atom. The van der Waals surface area contributed by atoms with Crippen molar-refractivity contribution < 1.29 is 9.59 Å². The summed E-state index contributed by atoms with van der Waals surface area (Å²) < 4.78 is 0. The number of amides is 2. The van der Waals surface area contributed by atoms with Crippen LogP contribution in [0.15, 0.2) is 64.8 Å². The van der Waals surface area contributed by atoms with Crippen LogP contribution in [-0.4, -0.2) is 11.8 Å². The molecule has 1 heterocycles. The molecule has 6 atom stereocenters. The van der Waals surface area contributed by atoms with E-state index in [1.807, 2.05) is 30.3 Å². The lowest BCUT2D eigenvalue weighted by Crippen LogP contribution is -2.33. The van der Waals surface area contributed by atoms with Crippen LogP contribution in [0.4, 0.5) is 5.69 Å². The van der Waals surface area contributed by atoms with E-state index in [0.717, 1.165) is 12.1 Å². The molecule has 0 N–H and O–H groups in total. The summed E-state index contributed by atoms with van der Waals surface area (Å²) in [5.41, 5.74) is 6.40. The molecule has 1 saturated carbocycles. The fraction of sp³-hybridized carbons (Fsp3) is 0.391. The van der Waals surface area contributed by atoms with Crippen LogP contribution in [0.1, 0.15) is 20.3 Å². The van der Waals surface area contributed by atoms with E-state index < -0.39 is 0 Å². The summed E-state index contributed by atoms with van der Waals surface area (Å²) in [7, 11) is 0. The second kappa shape index (κ2) is 4.64. The van der Waals surface area contributed by atoms with Crippen LogP contribution >= 0.6 is 0 Å². The Bertz CT molecular complexity index is 913. The van der Waals surface area contributed by atoms with Crippen molar-refractivity contribution in [2.24, 2.45) is 35.5 Å². The molecule has 26 heavy (non-hydrogen) atoms. The van der Waals surface area contributed by atoms with Crippen molar-refractivity contribution in [3.05, 3.63) is 64.8 Å². The molecule has 6 rings (SSSR count). The van der Waals surface area contributed by atoms with E-state index in [0.29, 0.717) is 11.8 Å². The summed E-state index contributed by atoms with van der Waals surface area (Å²) in [4.78, 5) is 28.3. The van der Waals surface area contributed by atoms with Gasteiger partial charge in [-0.05, 0) is 44.2 Å². The second-order valence-corrected chi connectivity index (χ2v) is 8.55. The lowest BCUT2D eigenvalue weighted by Gasteiger charge is -2.26. The Kier molecular flexibility index (Phi) is 2.63. The third-order valence-electron chi connectivity index (χ3n) is 7.26. The molecule has 0 radical (unpaired) electrons. The standard InChI is InChI=1S/C23H21NO2/c1-11(2)15-18-16-12-8-9-13(10-12)17(16)19(15)21-20(18)22(25)24(23(21)26)14-6-4-3-5-7-14/h3-9,12-13,18-21H,10H2,1-2H3/t12-,13+,18+,19-,20+,21-. The van der Waals surface area contributed by atoms with E-state index in [4.69, 9.17) is 0 Å². The van der Waals surface area contributed by atoms with Crippen LogP contribution in [0.2, 0.25) is 0 Å². The highest BCUT2D eigenvalue weighted by atomic mass is 16.2. The van der Waals surface area contributed by atoms with Gasteiger partial charge in [0.05, 0.1) is 17.5 Å². The van der Waals surface area contributed by atoms with E-state index in [1.54, 1.807) is 0 Å². The average molecular weight is 343 g/mol. The van der Waals surface area contributed by atoms with Gasteiger partial charge < -0.3 is 0 Å². The molecule has 4 aliphatic carbocycles. The minimum atomic E-state index is -0.191. The third kappa shape index (κ3) is 1.48. The highest BCUT2D eigenvalue weighted by Crippen LogP contribution is 2.69. The number of rotatable bonds is 1. The Hall–Kier alpha value is -2.42. The molecular weight excluding hydrogens is 322 g/mol. The number of hydrogen-bond acceptors (Lipinski definition) is 2. The Morgan fingerprint density at radius 2 is 1.42 bits per heavy atom. The number of fused-ring (bicyclic) bond motifs is 11. The minimum Gasteiger partial charge on any atom is -0.274 e. The molecule has 3 heteroatoms. The topological polar surface area (TPSA) is 37.4 Å². The third-order valence-corrected chi connectivity index (χ3v) is 7.26. The van der Waals surface area contributed by atoms with Gasteiger partial charge in [0.1, 0.15) is 0 Å². The van der Waals surface area contributed by atoms with Gasteiger partial charge in [0, 0.05) is 11.8 Å². The van der Waals surface area contributed by atoms with E-state index in [-0.39, 0.29) is 35.5 Å². The number of allylic oxidation sites excluding steroid dienone is 6. The molecule has 2 amide bonds. The van der Waals surface area contributed by atoms with E-state index in [1.165, 1.54) is 27.2 Å². The Balaban J connectivity index is 1.51. The van der Waals surface area contributed by atoms with Crippen molar-refractivity contribution >= 4 is 17.5 Å². The number of imide groups is 1. The number of benzene rings is 1. The monoisotopic (exact) mass is 343 g/mol. The summed E-state index contributed by atoms with van der Waals surface area (Å²) in [5, 5.41) is 0. The van der Waals surface area contributed by atoms with E-state index in [9.17, 15) is 9.59 Å². The quantitative estimate of drug-likeness (QED) is 0.441. The zero-order valence-corrected chi connectivity index (χ0v) is 15.0. The van der Waals surface area contributed by atoms with Gasteiger partial charge in [0.25, 0.3) is 0 Å². The zero-order chi connectivity index (χ0) is 17.7. The lowest BCUT2D eigenvalue weighted by atomic mass is 9.74. The Morgan fingerprint density at radius 3 is 1.92 bits per heavy atom. The summed E-state index contributed by atoms with van der Waals surface area (Å²) >= 11 is 0. The van der Waals surface area contributed by atoms with Gasteiger partial charge in [-0.25, -0.2) is 4.90 Å². The highest BCUT2D eigenvalue weighted by Gasteiger charge is 2.68. The first-order chi connectivity index (χ1) is 12.6. The summed E-state index contributed by atoms with van der Waals surface area (Å²) in [6, 6.07) is 9.44. The van der Waals surface area contributed by atoms with Crippen LogP contribution in [0, 0.1) is 35.5 Å². The normalized spacial score (nSPS) is 38.7. The molecule has 5 aliphatic rings. The number of anilines is 1. The highest BCUT2D eigenvalue weighted by molar-refractivity contribution is 6.23. The number of hydrogen-bond donors (Lipinski definition) is 0. The molecule has 130 valence electrons. The van der Waals surface area contributed by atoms with Gasteiger partial charge in [-0.1, -0.05) is 52.6 Å².